The number of allylic oxidation sites excluding steroid dienone is 6. The first-order chi connectivity index (χ1) is 10.8. The second kappa shape index (κ2) is 7.17. The zero-order chi connectivity index (χ0) is 17.1. The smallest absolute Gasteiger partial charge is 0.0240 e. The summed E-state index contributed by atoms with van der Waals surface area (Å²) in [5.41, 5.74) is 7.98. The SMILES string of the molecule is C=C(CC)c1ccc(C2C=C(C)C=C2C(C)C(C)C(=C)C)cc1. The molecule has 0 spiro atoms. The predicted molar refractivity (Wildman–Crippen MR) is 103 cm³/mol. The van der Waals surface area contributed by atoms with Crippen molar-refractivity contribution in [3.63, 3.8) is 0 Å². The topological polar surface area (TPSA) is 0 Å². The first kappa shape index (κ1) is 17.5. The van der Waals surface area contributed by atoms with E-state index < -0.39 is 0 Å². The standard InChI is InChI=1S/C23H30/c1-8-17(5)20-9-11-21(12-10-20)23-14-16(4)13-22(23)19(7)18(6)15(2)3/h9-14,18-19,23H,2,5,8H2,1,3-4,6-7H3. The minimum atomic E-state index is 0.399. The number of hydrogen-bond donors (Lipinski definition) is 0. The lowest BCUT2D eigenvalue weighted by Gasteiger charge is -2.26. The van der Waals surface area contributed by atoms with Crippen LogP contribution in [0.4, 0.5) is 0 Å². The lowest BCUT2D eigenvalue weighted by molar-refractivity contribution is 0.490. The summed E-state index contributed by atoms with van der Waals surface area (Å²) in [7, 11) is 0. The van der Waals surface area contributed by atoms with Crippen molar-refractivity contribution in [3.05, 3.63) is 77.4 Å². The Hall–Kier alpha value is -1.82. The van der Waals surface area contributed by atoms with Gasteiger partial charge in [0.2, 0.25) is 0 Å². The minimum absolute atomic E-state index is 0.399. The fraction of sp³-hybridized carbons (Fsp3) is 0.391. The molecule has 1 aliphatic carbocycles. The van der Waals surface area contributed by atoms with Gasteiger partial charge in [0.05, 0.1) is 0 Å². The van der Waals surface area contributed by atoms with Crippen molar-refractivity contribution in [1.82, 2.24) is 0 Å². The van der Waals surface area contributed by atoms with Crippen molar-refractivity contribution in [2.24, 2.45) is 11.8 Å². The van der Waals surface area contributed by atoms with Crippen LogP contribution in [0.5, 0.6) is 0 Å². The molecule has 0 radical (unpaired) electrons. The Balaban J connectivity index is 2.29. The first-order valence-electron chi connectivity index (χ1n) is 8.68. The molecule has 3 unspecified atom stereocenters. The highest BCUT2D eigenvalue weighted by molar-refractivity contribution is 5.63. The highest BCUT2D eigenvalue weighted by Crippen LogP contribution is 2.41. The van der Waals surface area contributed by atoms with E-state index in [9.17, 15) is 0 Å². The molecule has 0 heteroatoms. The van der Waals surface area contributed by atoms with Crippen LogP contribution >= 0.6 is 0 Å². The third-order valence-electron chi connectivity index (χ3n) is 5.34. The third-order valence-corrected chi connectivity index (χ3v) is 5.34. The summed E-state index contributed by atoms with van der Waals surface area (Å²) in [4.78, 5) is 0. The third kappa shape index (κ3) is 3.75. The van der Waals surface area contributed by atoms with Crippen molar-refractivity contribution >= 4 is 5.57 Å². The van der Waals surface area contributed by atoms with Gasteiger partial charge in [-0.3, -0.25) is 0 Å². The Morgan fingerprint density at radius 3 is 2.26 bits per heavy atom. The molecule has 0 amide bonds. The maximum Gasteiger partial charge on any atom is 0.0240 e. The highest BCUT2D eigenvalue weighted by atomic mass is 14.3. The maximum absolute atomic E-state index is 4.15. The highest BCUT2D eigenvalue weighted by Gasteiger charge is 2.27. The molecule has 0 saturated heterocycles. The Bertz CT molecular complexity index is 652. The van der Waals surface area contributed by atoms with Crippen LogP contribution in [0.3, 0.4) is 0 Å². The van der Waals surface area contributed by atoms with Crippen molar-refractivity contribution in [3.8, 4) is 0 Å². The van der Waals surface area contributed by atoms with Gasteiger partial charge in [-0.2, -0.15) is 0 Å². The summed E-state index contributed by atoms with van der Waals surface area (Å²) in [6, 6.07) is 8.96. The van der Waals surface area contributed by atoms with Crippen LogP contribution < -0.4 is 0 Å². The second-order valence-corrected chi connectivity index (χ2v) is 7.04. The Morgan fingerprint density at radius 2 is 1.74 bits per heavy atom. The van der Waals surface area contributed by atoms with Crippen LogP contribution in [0.15, 0.2) is 66.3 Å². The second-order valence-electron chi connectivity index (χ2n) is 7.04. The largest absolute Gasteiger partial charge is 0.0998 e. The summed E-state index contributed by atoms with van der Waals surface area (Å²) in [5.74, 6) is 1.41. The molecular weight excluding hydrogens is 276 g/mol. The monoisotopic (exact) mass is 306 g/mol. The van der Waals surface area contributed by atoms with Gasteiger partial charge in [-0.05, 0) is 48.8 Å². The van der Waals surface area contributed by atoms with Crippen LogP contribution in [0, 0.1) is 11.8 Å². The van der Waals surface area contributed by atoms with E-state index in [0.29, 0.717) is 17.8 Å². The van der Waals surface area contributed by atoms with Crippen molar-refractivity contribution < 1.29 is 0 Å². The van der Waals surface area contributed by atoms with E-state index >= 15 is 0 Å². The molecule has 0 bridgehead atoms. The summed E-state index contributed by atoms with van der Waals surface area (Å²) < 4.78 is 0. The molecule has 122 valence electrons. The molecule has 0 saturated carbocycles. The number of benzene rings is 1. The molecule has 0 nitrogen and oxygen atoms in total. The van der Waals surface area contributed by atoms with Gasteiger partial charge in [0.1, 0.15) is 0 Å². The Kier molecular flexibility index (Phi) is 5.46. The van der Waals surface area contributed by atoms with Crippen LogP contribution in [0.1, 0.15) is 58.1 Å². The van der Waals surface area contributed by atoms with E-state index in [4.69, 9.17) is 0 Å². The van der Waals surface area contributed by atoms with Crippen molar-refractivity contribution in [2.45, 2.75) is 47.0 Å². The zero-order valence-electron chi connectivity index (χ0n) is 15.3. The quantitative estimate of drug-likeness (QED) is 0.500. The average Bonchev–Trinajstić information content (AvgIpc) is 2.94. The zero-order valence-corrected chi connectivity index (χ0v) is 15.3. The van der Waals surface area contributed by atoms with E-state index in [-0.39, 0.29) is 0 Å². The minimum Gasteiger partial charge on any atom is -0.0998 e. The van der Waals surface area contributed by atoms with E-state index in [2.05, 4.69) is 84.2 Å². The fourth-order valence-electron chi connectivity index (χ4n) is 3.31. The molecule has 1 aliphatic rings. The molecule has 0 fully saturated rings. The van der Waals surface area contributed by atoms with Gasteiger partial charge in [0, 0.05) is 5.92 Å². The Morgan fingerprint density at radius 1 is 1.13 bits per heavy atom. The van der Waals surface area contributed by atoms with Crippen molar-refractivity contribution in [2.75, 3.05) is 0 Å². The predicted octanol–water partition coefficient (Wildman–Crippen LogP) is 6.93. The molecule has 1 aromatic rings. The molecule has 0 heterocycles. The Labute approximate surface area is 142 Å². The van der Waals surface area contributed by atoms with Gasteiger partial charge in [0.15, 0.2) is 0 Å². The molecule has 1 aromatic carbocycles. The fourth-order valence-corrected chi connectivity index (χ4v) is 3.31. The maximum atomic E-state index is 4.15. The van der Waals surface area contributed by atoms with Gasteiger partial charge >= 0.3 is 0 Å². The van der Waals surface area contributed by atoms with Crippen LogP contribution in [0.2, 0.25) is 0 Å². The summed E-state index contributed by atoms with van der Waals surface area (Å²) in [5, 5.41) is 0. The van der Waals surface area contributed by atoms with E-state index in [1.807, 2.05) is 0 Å². The first-order valence-corrected chi connectivity index (χ1v) is 8.68. The molecule has 3 atom stereocenters. The average molecular weight is 306 g/mol. The van der Waals surface area contributed by atoms with Crippen LogP contribution in [-0.4, -0.2) is 0 Å². The van der Waals surface area contributed by atoms with Gasteiger partial charge in [0.25, 0.3) is 0 Å². The van der Waals surface area contributed by atoms with Crippen LogP contribution in [0.25, 0.3) is 5.57 Å². The van der Waals surface area contributed by atoms with Crippen LogP contribution in [-0.2, 0) is 0 Å². The summed E-state index contributed by atoms with van der Waals surface area (Å²) >= 11 is 0. The molecular formula is C23H30. The van der Waals surface area contributed by atoms with E-state index in [1.54, 1.807) is 0 Å². The molecule has 0 aromatic heterocycles. The lowest BCUT2D eigenvalue weighted by atomic mass is 9.78. The van der Waals surface area contributed by atoms with Crippen molar-refractivity contribution in [1.29, 1.82) is 0 Å². The van der Waals surface area contributed by atoms with Gasteiger partial charge in [-0.25, -0.2) is 0 Å². The molecule has 23 heavy (non-hydrogen) atoms. The summed E-state index contributed by atoms with van der Waals surface area (Å²) in [6.45, 7) is 19.4. The lowest BCUT2D eigenvalue weighted by Crippen LogP contribution is -2.15. The normalized spacial score (nSPS) is 19.8. The van der Waals surface area contributed by atoms with Gasteiger partial charge in [-0.15, -0.1) is 0 Å². The number of rotatable bonds is 6. The molecule has 2 rings (SSSR count). The van der Waals surface area contributed by atoms with Gasteiger partial charge in [-0.1, -0.05) is 87.1 Å². The van der Waals surface area contributed by atoms with E-state index in [1.165, 1.54) is 33.4 Å². The number of hydrogen-bond acceptors (Lipinski definition) is 0. The van der Waals surface area contributed by atoms with E-state index in [0.717, 1.165) is 6.42 Å². The van der Waals surface area contributed by atoms with Gasteiger partial charge < -0.3 is 0 Å². The summed E-state index contributed by atoms with van der Waals surface area (Å²) in [6.07, 6.45) is 5.76. The molecule has 0 N–H and O–H groups in total. The molecule has 0 aliphatic heterocycles.